The van der Waals surface area contributed by atoms with E-state index >= 15 is 0 Å². The van der Waals surface area contributed by atoms with Crippen LogP contribution in [-0.4, -0.2) is 59.7 Å². The fraction of sp³-hybridized carbons (Fsp3) is 0.933. The topological polar surface area (TPSA) is 69.7 Å². The van der Waals surface area contributed by atoms with Gasteiger partial charge in [0.2, 0.25) is 15.9 Å². The van der Waals surface area contributed by atoms with E-state index in [2.05, 4.69) is 4.72 Å². The maximum absolute atomic E-state index is 13.1. The highest BCUT2D eigenvalue weighted by molar-refractivity contribution is 7.89. The van der Waals surface area contributed by atoms with E-state index in [9.17, 15) is 13.2 Å². The zero-order valence-electron chi connectivity index (χ0n) is 14.5. The molecule has 2 rings (SSSR count). The van der Waals surface area contributed by atoms with E-state index in [1.807, 2.05) is 51.3 Å². The third-order valence-corrected chi connectivity index (χ3v) is 5.72. The number of nitrogens with zero attached hydrogens (tertiary/aromatic N) is 2. The minimum atomic E-state index is -3.37. The van der Waals surface area contributed by atoms with Crippen LogP contribution in [-0.2, 0) is 14.8 Å². The molecule has 2 aliphatic heterocycles. The minimum Gasteiger partial charge on any atom is -0.336 e. The van der Waals surface area contributed by atoms with Crippen LogP contribution in [0.15, 0.2) is 0 Å². The second-order valence-electron chi connectivity index (χ2n) is 8.36. The average Bonchev–Trinajstić information content (AvgIpc) is 2.44. The number of hydrogen-bond acceptors (Lipinski definition) is 4. The first kappa shape index (κ1) is 17.7. The molecule has 0 aromatic rings. The standard InChI is InChI=1S/C15H29N3O3S/c1-14(2,3)17-9-7-8-11-12(13(17)19)18(15(4,5)6)10-22(20,21)16-11/h11-12,16H,7-10H2,1-6H3. The van der Waals surface area contributed by atoms with Crippen LogP contribution in [0.2, 0.25) is 0 Å². The highest BCUT2D eigenvalue weighted by atomic mass is 32.2. The molecular weight excluding hydrogens is 302 g/mol. The zero-order valence-corrected chi connectivity index (χ0v) is 15.3. The third kappa shape index (κ3) is 3.46. The van der Waals surface area contributed by atoms with E-state index in [1.165, 1.54) is 0 Å². The first-order valence-corrected chi connectivity index (χ1v) is 9.56. The largest absolute Gasteiger partial charge is 0.336 e. The van der Waals surface area contributed by atoms with Crippen LogP contribution in [0.5, 0.6) is 0 Å². The number of likely N-dealkylation sites (tertiary alicyclic amines) is 1. The monoisotopic (exact) mass is 331 g/mol. The molecule has 2 heterocycles. The van der Waals surface area contributed by atoms with Gasteiger partial charge in [0.05, 0.1) is 0 Å². The molecule has 2 aliphatic rings. The van der Waals surface area contributed by atoms with Crippen molar-refractivity contribution >= 4 is 15.9 Å². The molecule has 1 N–H and O–H groups in total. The summed E-state index contributed by atoms with van der Waals surface area (Å²) in [5.74, 6) is -0.0891. The molecule has 22 heavy (non-hydrogen) atoms. The minimum absolute atomic E-state index is 0.0346. The number of sulfonamides is 1. The lowest BCUT2D eigenvalue weighted by molar-refractivity contribution is -0.143. The van der Waals surface area contributed by atoms with Crippen molar-refractivity contribution in [3.8, 4) is 0 Å². The van der Waals surface area contributed by atoms with Gasteiger partial charge in [-0.1, -0.05) is 0 Å². The number of nitrogens with one attached hydrogen (secondary N) is 1. The van der Waals surface area contributed by atoms with Crippen molar-refractivity contribution in [1.82, 2.24) is 14.5 Å². The Morgan fingerprint density at radius 1 is 1.09 bits per heavy atom. The molecule has 2 fully saturated rings. The Hall–Kier alpha value is -0.660. The normalized spacial score (nSPS) is 30.8. The zero-order chi connectivity index (χ0) is 16.9. The molecule has 2 atom stereocenters. The van der Waals surface area contributed by atoms with E-state index < -0.39 is 16.1 Å². The highest BCUT2D eigenvalue weighted by Crippen LogP contribution is 2.31. The molecule has 0 saturated carbocycles. The summed E-state index contributed by atoms with van der Waals surface area (Å²) in [5.41, 5.74) is -0.645. The van der Waals surface area contributed by atoms with Gasteiger partial charge < -0.3 is 4.90 Å². The molecule has 0 radical (unpaired) electrons. The molecule has 2 unspecified atom stereocenters. The first-order valence-electron chi connectivity index (χ1n) is 7.91. The van der Waals surface area contributed by atoms with Crippen molar-refractivity contribution in [2.24, 2.45) is 0 Å². The van der Waals surface area contributed by atoms with Gasteiger partial charge in [-0.25, -0.2) is 13.1 Å². The van der Waals surface area contributed by atoms with Gasteiger partial charge in [-0.2, -0.15) is 0 Å². The van der Waals surface area contributed by atoms with Crippen LogP contribution in [0, 0.1) is 0 Å². The van der Waals surface area contributed by atoms with Crippen molar-refractivity contribution < 1.29 is 13.2 Å². The number of hydrogen-bond donors (Lipinski definition) is 1. The van der Waals surface area contributed by atoms with Gasteiger partial charge in [0.25, 0.3) is 0 Å². The molecule has 0 aliphatic carbocycles. The third-order valence-electron chi connectivity index (χ3n) is 4.44. The summed E-state index contributed by atoms with van der Waals surface area (Å²) < 4.78 is 27.1. The second kappa shape index (κ2) is 5.46. The molecule has 2 saturated heterocycles. The van der Waals surface area contributed by atoms with E-state index in [-0.39, 0.29) is 28.9 Å². The van der Waals surface area contributed by atoms with Crippen molar-refractivity contribution in [3.05, 3.63) is 0 Å². The fourth-order valence-electron chi connectivity index (χ4n) is 3.35. The molecule has 0 aromatic carbocycles. The summed E-state index contributed by atoms with van der Waals surface area (Å²) in [6.45, 7) is 12.6. The summed E-state index contributed by atoms with van der Waals surface area (Å²) >= 11 is 0. The Morgan fingerprint density at radius 3 is 2.18 bits per heavy atom. The van der Waals surface area contributed by atoms with Crippen LogP contribution >= 0.6 is 0 Å². The van der Waals surface area contributed by atoms with E-state index in [1.54, 1.807) is 0 Å². The Balaban J connectivity index is 2.45. The Morgan fingerprint density at radius 2 is 1.68 bits per heavy atom. The van der Waals surface area contributed by atoms with E-state index in [4.69, 9.17) is 0 Å². The van der Waals surface area contributed by atoms with Gasteiger partial charge in [-0.3, -0.25) is 9.69 Å². The molecule has 0 bridgehead atoms. The first-order chi connectivity index (χ1) is 9.83. The van der Waals surface area contributed by atoms with Crippen LogP contribution in [0.4, 0.5) is 0 Å². The fourth-order valence-corrected chi connectivity index (χ4v) is 5.05. The number of carbonyl (C=O) groups is 1. The van der Waals surface area contributed by atoms with Gasteiger partial charge >= 0.3 is 0 Å². The molecule has 7 heteroatoms. The predicted octanol–water partition coefficient (Wildman–Crippen LogP) is 1.14. The summed E-state index contributed by atoms with van der Waals surface area (Å²) in [7, 11) is -3.37. The maximum atomic E-state index is 13.1. The van der Waals surface area contributed by atoms with E-state index in [0.29, 0.717) is 13.0 Å². The smallest absolute Gasteiger partial charge is 0.242 e. The Kier molecular flexibility index (Phi) is 4.39. The lowest BCUT2D eigenvalue weighted by atomic mass is 9.96. The van der Waals surface area contributed by atoms with Gasteiger partial charge in [0.15, 0.2) is 0 Å². The van der Waals surface area contributed by atoms with E-state index in [0.717, 1.165) is 6.42 Å². The average molecular weight is 331 g/mol. The Bertz CT molecular complexity index is 545. The van der Waals surface area contributed by atoms with Crippen LogP contribution in [0.25, 0.3) is 0 Å². The SMILES string of the molecule is CC(C)(C)N1CCCC2NS(=O)(=O)CN(C(C)(C)C)C2C1=O. The number of fused-ring (bicyclic) bond motifs is 1. The van der Waals surface area contributed by atoms with Crippen molar-refractivity contribution in [3.63, 3.8) is 0 Å². The van der Waals surface area contributed by atoms with Crippen LogP contribution in [0.1, 0.15) is 54.4 Å². The van der Waals surface area contributed by atoms with Gasteiger partial charge in [-0.15, -0.1) is 0 Å². The van der Waals surface area contributed by atoms with Crippen LogP contribution in [0.3, 0.4) is 0 Å². The lowest BCUT2D eigenvalue weighted by Gasteiger charge is -2.48. The highest BCUT2D eigenvalue weighted by Gasteiger charge is 2.49. The van der Waals surface area contributed by atoms with Gasteiger partial charge in [-0.05, 0) is 54.4 Å². The predicted molar refractivity (Wildman–Crippen MR) is 86.8 cm³/mol. The quantitative estimate of drug-likeness (QED) is 0.722. The summed E-state index contributed by atoms with van der Waals surface area (Å²) in [5, 5.41) is 0. The molecule has 1 amide bonds. The van der Waals surface area contributed by atoms with Gasteiger partial charge in [0, 0.05) is 23.7 Å². The molecule has 128 valence electrons. The molecule has 0 spiro atoms. The van der Waals surface area contributed by atoms with Crippen molar-refractivity contribution in [2.75, 3.05) is 12.4 Å². The van der Waals surface area contributed by atoms with Gasteiger partial charge in [0.1, 0.15) is 11.9 Å². The lowest BCUT2D eigenvalue weighted by Crippen LogP contribution is -2.69. The molecule has 6 nitrogen and oxygen atoms in total. The Labute approximate surface area is 134 Å². The molecule has 0 aromatic heterocycles. The summed E-state index contributed by atoms with van der Waals surface area (Å²) in [4.78, 5) is 16.9. The van der Waals surface area contributed by atoms with Crippen LogP contribution < -0.4 is 4.72 Å². The number of carbonyl (C=O) groups excluding carboxylic acids is 1. The number of rotatable bonds is 0. The summed E-state index contributed by atoms with van der Waals surface area (Å²) in [6.07, 6.45) is 1.50. The molecular formula is C15H29N3O3S. The maximum Gasteiger partial charge on any atom is 0.242 e. The van der Waals surface area contributed by atoms with Crippen molar-refractivity contribution in [2.45, 2.75) is 77.5 Å². The second-order valence-corrected chi connectivity index (χ2v) is 10.1. The van der Waals surface area contributed by atoms with Crippen molar-refractivity contribution in [1.29, 1.82) is 0 Å². The number of amides is 1. The summed E-state index contributed by atoms with van der Waals surface area (Å²) in [6, 6.07) is -0.761.